The molecule has 2 unspecified atom stereocenters. The van der Waals surface area contributed by atoms with E-state index in [4.69, 9.17) is 5.11 Å². The van der Waals surface area contributed by atoms with Crippen LogP contribution in [0.3, 0.4) is 0 Å². The highest BCUT2D eigenvalue weighted by molar-refractivity contribution is 5.81. The van der Waals surface area contributed by atoms with E-state index in [9.17, 15) is 22.8 Å². The SMILES string of the molecule is CCCCC(CC)CC(=O)N1CCC(C(=O)O)(C(F)(F)F)C1. The maximum absolute atomic E-state index is 13.1. The zero-order valence-electron chi connectivity index (χ0n) is 13.1. The molecule has 0 radical (unpaired) electrons. The lowest BCUT2D eigenvalue weighted by atomic mass is 9.86. The van der Waals surface area contributed by atoms with E-state index in [0.717, 1.165) is 30.6 Å². The highest BCUT2D eigenvalue weighted by Gasteiger charge is 2.64. The summed E-state index contributed by atoms with van der Waals surface area (Å²) in [6.07, 6.45) is -1.57. The summed E-state index contributed by atoms with van der Waals surface area (Å²) in [6, 6.07) is 0. The van der Waals surface area contributed by atoms with Crippen LogP contribution in [0.2, 0.25) is 0 Å². The van der Waals surface area contributed by atoms with Crippen LogP contribution in [0.5, 0.6) is 0 Å². The maximum atomic E-state index is 13.1. The number of carbonyl (C=O) groups excluding carboxylic acids is 1. The Labute approximate surface area is 128 Å². The van der Waals surface area contributed by atoms with Gasteiger partial charge < -0.3 is 10.0 Å². The molecule has 0 aromatic carbocycles. The molecule has 128 valence electrons. The van der Waals surface area contributed by atoms with Gasteiger partial charge in [-0.15, -0.1) is 0 Å². The Bertz CT molecular complexity index is 411. The predicted molar refractivity (Wildman–Crippen MR) is 75.2 cm³/mol. The van der Waals surface area contributed by atoms with E-state index in [0.29, 0.717) is 0 Å². The normalized spacial score (nSPS) is 23.6. The molecule has 1 saturated heterocycles. The first-order valence-electron chi connectivity index (χ1n) is 7.75. The van der Waals surface area contributed by atoms with Crippen molar-refractivity contribution in [2.75, 3.05) is 13.1 Å². The first-order valence-corrected chi connectivity index (χ1v) is 7.75. The Hall–Kier alpha value is -1.27. The number of hydrogen-bond donors (Lipinski definition) is 1. The number of hydrogen-bond acceptors (Lipinski definition) is 2. The fourth-order valence-electron chi connectivity index (χ4n) is 2.87. The molecule has 4 nitrogen and oxygen atoms in total. The highest BCUT2D eigenvalue weighted by atomic mass is 19.4. The van der Waals surface area contributed by atoms with E-state index in [1.54, 1.807) is 0 Å². The van der Waals surface area contributed by atoms with Crippen LogP contribution >= 0.6 is 0 Å². The topological polar surface area (TPSA) is 57.6 Å². The molecule has 0 spiro atoms. The monoisotopic (exact) mass is 323 g/mol. The van der Waals surface area contributed by atoms with E-state index in [1.165, 1.54) is 0 Å². The van der Waals surface area contributed by atoms with Crippen molar-refractivity contribution in [3.05, 3.63) is 0 Å². The van der Waals surface area contributed by atoms with Crippen molar-refractivity contribution in [3.63, 3.8) is 0 Å². The quantitative estimate of drug-likeness (QED) is 0.780. The van der Waals surface area contributed by atoms with Gasteiger partial charge >= 0.3 is 12.1 Å². The number of carboxylic acid groups (broad SMARTS) is 1. The van der Waals surface area contributed by atoms with Crippen molar-refractivity contribution < 1.29 is 27.9 Å². The smallest absolute Gasteiger partial charge is 0.406 e. The van der Waals surface area contributed by atoms with Gasteiger partial charge in [0.15, 0.2) is 5.41 Å². The van der Waals surface area contributed by atoms with Gasteiger partial charge in [-0.05, 0) is 18.8 Å². The van der Waals surface area contributed by atoms with Crippen molar-refractivity contribution in [2.24, 2.45) is 11.3 Å². The summed E-state index contributed by atoms with van der Waals surface area (Å²) in [5, 5.41) is 8.99. The van der Waals surface area contributed by atoms with Crippen LogP contribution < -0.4 is 0 Å². The molecular weight excluding hydrogens is 299 g/mol. The van der Waals surface area contributed by atoms with Crippen LogP contribution in [0.1, 0.15) is 52.4 Å². The van der Waals surface area contributed by atoms with Gasteiger partial charge in [-0.2, -0.15) is 13.2 Å². The zero-order chi connectivity index (χ0) is 17.0. The minimum absolute atomic E-state index is 0.144. The fourth-order valence-corrected chi connectivity index (χ4v) is 2.87. The first-order chi connectivity index (χ1) is 10.2. The number of halogens is 3. The average molecular weight is 323 g/mol. The molecule has 1 aliphatic rings. The molecule has 0 aromatic rings. The van der Waals surface area contributed by atoms with Crippen molar-refractivity contribution >= 4 is 11.9 Å². The molecule has 1 amide bonds. The lowest BCUT2D eigenvalue weighted by molar-refractivity contribution is -0.227. The molecule has 1 aliphatic heterocycles. The van der Waals surface area contributed by atoms with Gasteiger partial charge in [0.05, 0.1) is 0 Å². The molecular formula is C15H24F3NO3. The third kappa shape index (κ3) is 3.93. The summed E-state index contributed by atoms with van der Waals surface area (Å²) in [6.45, 7) is 3.08. The summed E-state index contributed by atoms with van der Waals surface area (Å²) in [5.41, 5.74) is -2.81. The number of nitrogens with zero attached hydrogens (tertiary/aromatic N) is 1. The van der Waals surface area contributed by atoms with Crippen molar-refractivity contribution in [2.45, 2.75) is 58.5 Å². The Morgan fingerprint density at radius 1 is 1.32 bits per heavy atom. The number of aliphatic carboxylic acids is 1. The molecule has 0 aromatic heterocycles. The van der Waals surface area contributed by atoms with Gasteiger partial charge in [-0.3, -0.25) is 9.59 Å². The van der Waals surface area contributed by atoms with Crippen LogP contribution in [0.4, 0.5) is 13.2 Å². The second-order valence-electron chi connectivity index (χ2n) is 6.07. The molecule has 1 rings (SSSR count). The molecule has 1 heterocycles. The Morgan fingerprint density at radius 2 is 1.95 bits per heavy atom. The van der Waals surface area contributed by atoms with Gasteiger partial charge in [0, 0.05) is 19.5 Å². The predicted octanol–water partition coefficient (Wildman–Crippen LogP) is 3.46. The van der Waals surface area contributed by atoms with E-state index in [-0.39, 0.29) is 24.8 Å². The van der Waals surface area contributed by atoms with Gasteiger partial charge in [0.2, 0.25) is 5.91 Å². The third-order valence-corrected chi connectivity index (χ3v) is 4.58. The molecule has 1 N–H and O–H groups in total. The van der Waals surface area contributed by atoms with E-state index in [1.807, 2.05) is 13.8 Å². The second-order valence-corrected chi connectivity index (χ2v) is 6.07. The minimum Gasteiger partial charge on any atom is -0.481 e. The summed E-state index contributed by atoms with van der Waals surface area (Å²) in [4.78, 5) is 24.3. The lowest BCUT2D eigenvalue weighted by Crippen LogP contribution is -2.47. The van der Waals surface area contributed by atoms with E-state index < -0.39 is 30.5 Å². The molecule has 2 atom stereocenters. The number of carboxylic acids is 1. The molecule has 0 bridgehead atoms. The van der Waals surface area contributed by atoms with Crippen molar-refractivity contribution in [1.82, 2.24) is 4.90 Å². The summed E-state index contributed by atoms with van der Waals surface area (Å²) in [7, 11) is 0. The highest BCUT2D eigenvalue weighted by Crippen LogP contribution is 2.46. The summed E-state index contributed by atoms with van der Waals surface area (Å²) >= 11 is 0. The van der Waals surface area contributed by atoms with Crippen LogP contribution in [0.15, 0.2) is 0 Å². The Balaban J connectivity index is 2.72. The number of carbonyl (C=O) groups is 2. The van der Waals surface area contributed by atoms with Crippen molar-refractivity contribution in [1.29, 1.82) is 0 Å². The average Bonchev–Trinajstić information content (AvgIpc) is 2.89. The van der Waals surface area contributed by atoms with E-state index in [2.05, 4.69) is 0 Å². The van der Waals surface area contributed by atoms with Crippen LogP contribution in [0, 0.1) is 11.3 Å². The molecule has 0 saturated carbocycles. The number of rotatable bonds is 7. The van der Waals surface area contributed by atoms with Crippen LogP contribution in [-0.4, -0.2) is 41.1 Å². The van der Waals surface area contributed by atoms with Gasteiger partial charge in [0.25, 0.3) is 0 Å². The zero-order valence-corrected chi connectivity index (χ0v) is 13.1. The number of unbranched alkanes of at least 4 members (excludes halogenated alkanes) is 1. The Kier molecular flexibility index (Phi) is 6.26. The summed E-state index contributed by atoms with van der Waals surface area (Å²) < 4.78 is 39.2. The van der Waals surface area contributed by atoms with Crippen molar-refractivity contribution in [3.8, 4) is 0 Å². The van der Waals surface area contributed by atoms with Gasteiger partial charge in [-0.1, -0.05) is 33.1 Å². The van der Waals surface area contributed by atoms with Gasteiger partial charge in [-0.25, -0.2) is 0 Å². The van der Waals surface area contributed by atoms with Crippen LogP contribution in [-0.2, 0) is 9.59 Å². The second kappa shape index (κ2) is 7.33. The fraction of sp³-hybridized carbons (Fsp3) is 0.867. The Morgan fingerprint density at radius 3 is 2.36 bits per heavy atom. The molecule has 22 heavy (non-hydrogen) atoms. The largest absolute Gasteiger partial charge is 0.481 e. The molecule has 1 fully saturated rings. The number of alkyl halides is 3. The molecule has 7 heteroatoms. The van der Waals surface area contributed by atoms with Gasteiger partial charge in [0.1, 0.15) is 0 Å². The minimum atomic E-state index is -4.85. The standard InChI is InChI=1S/C15H24F3NO3/c1-3-5-6-11(4-2)9-12(20)19-8-7-14(10-19,13(21)22)15(16,17)18/h11H,3-10H2,1-2H3,(H,21,22). The maximum Gasteiger partial charge on any atom is 0.406 e. The molecule has 0 aliphatic carbocycles. The number of likely N-dealkylation sites (tertiary alicyclic amines) is 1. The first kappa shape index (κ1) is 18.8. The summed E-state index contributed by atoms with van der Waals surface area (Å²) in [5.74, 6) is -2.11. The number of amides is 1. The lowest BCUT2D eigenvalue weighted by Gasteiger charge is -2.27. The third-order valence-electron chi connectivity index (χ3n) is 4.58. The van der Waals surface area contributed by atoms with Crippen LogP contribution in [0.25, 0.3) is 0 Å². The van der Waals surface area contributed by atoms with E-state index >= 15 is 0 Å².